The van der Waals surface area contributed by atoms with Gasteiger partial charge in [-0.2, -0.15) is 0 Å². The third-order valence-electron chi connectivity index (χ3n) is 3.78. The van der Waals surface area contributed by atoms with Gasteiger partial charge in [0.25, 0.3) is 8.32 Å². The fourth-order valence-electron chi connectivity index (χ4n) is 2.78. The normalized spacial score (nSPS) is 11.3. The van der Waals surface area contributed by atoms with Crippen molar-refractivity contribution in [2.75, 3.05) is 0 Å². The Labute approximate surface area is 143 Å². The minimum Gasteiger partial charge on any atom is -0.435 e. The molecule has 3 aromatic rings. The van der Waals surface area contributed by atoms with E-state index in [9.17, 15) is 0 Å². The predicted molar refractivity (Wildman–Crippen MR) is 97.7 cm³/mol. The molecule has 23 heavy (non-hydrogen) atoms. The van der Waals surface area contributed by atoms with E-state index >= 15 is 0 Å². The molecule has 0 heterocycles. The lowest BCUT2D eigenvalue weighted by atomic mass is 10.3. The van der Waals surface area contributed by atoms with Gasteiger partial charge in [-0.1, -0.05) is 91.0 Å². The molecule has 0 aliphatic heterocycles. The van der Waals surface area contributed by atoms with Crippen molar-refractivity contribution in [1.29, 1.82) is 0 Å². The van der Waals surface area contributed by atoms with Crippen LogP contribution in [0.2, 0.25) is 0 Å². The molecule has 0 saturated carbocycles. The van der Waals surface area contributed by atoms with E-state index < -0.39 is 8.32 Å². The molecule has 2 nitrogen and oxygen atoms in total. The quantitative estimate of drug-likeness (QED) is 0.494. The highest BCUT2D eigenvalue weighted by Crippen LogP contribution is 2.09. The van der Waals surface area contributed by atoms with Crippen molar-refractivity contribution in [2.24, 2.45) is 0 Å². The van der Waals surface area contributed by atoms with Crippen molar-refractivity contribution in [1.82, 2.24) is 0 Å². The zero-order chi connectivity index (χ0) is 16.0. The van der Waals surface area contributed by atoms with Crippen LogP contribution in [0.25, 0.3) is 0 Å². The fraction of sp³-hybridized carbons (Fsp3) is 0. The van der Waals surface area contributed by atoms with Crippen LogP contribution >= 0.6 is 0 Å². The van der Waals surface area contributed by atoms with E-state index in [4.69, 9.17) is 8.23 Å². The lowest BCUT2D eigenvalue weighted by Crippen LogP contribution is -2.69. The first-order valence-corrected chi connectivity index (χ1v) is 10.4. The molecule has 0 unspecified atom stereocenters. The standard InChI is InChI=1S/C18H15O2Si3/c21-19-22-20-23(16-10-4-1-5-11-16,17-12-6-2-7-13-17)18-14-8-3-9-15-18/h1-15H. The molecule has 111 valence electrons. The predicted octanol–water partition coefficient (Wildman–Crippen LogP) is 1.30. The van der Waals surface area contributed by atoms with Crippen LogP contribution < -0.4 is 15.6 Å². The highest BCUT2D eigenvalue weighted by Gasteiger charge is 2.41. The lowest BCUT2D eigenvalue weighted by Gasteiger charge is -2.32. The van der Waals surface area contributed by atoms with Crippen molar-refractivity contribution in [3.8, 4) is 0 Å². The van der Waals surface area contributed by atoms with Gasteiger partial charge >= 0.3 is 10.0 Å². The number of hydrogen-bond donors (Lipinski definition) is 0. The summed E-state index contributed by atoms with van der Waals surface area (Å²) in [6.45, 7) is 0. The van der Waals surface area contributed by atoms with Crippen LogP contribution in [-0.2, 0) is 8.23 Å². The van der Waals surface area contributed by atoms with Crippen molar-refractivity contribution in [3.63, 3.8) is 0 Å². The van der Waals surface area contributed by atoms with Gasteiger partial charge in [-0.05, 0) is 15.6 Å². The molecule has 0 bridgehead atoms. The molecule has 0 N–H and O–H groups in total. The maximum atomic E-state index is 6.43. The van der Waals surface area contributed by atoms with Crippen LogP contribution in [0.15, 0.2) is 91.0 Å². The fourth-order valence-corrected chi connectivity index (χ4v) is 8.22. The number of benzene rings is 3. The highest BCUT2D eigenvalue weighted by molar-refractivity contribution is 7.08. The second kappa shape index (κ2) is 7.67. The van der Waals surface area contributed by atoms with Gasteiger partial charge in [0.1, 0.15) is 0 Å². The summed E-state index contributed by atoms with van der Waals surface area (Å²) >= 11 is 0. The summed E-state index contributed by atoms with van der Waals surface area (Å²) in [7, 11) is 0.409. The molecule has 3 rings (SSSR count). The summed E-state index contributed by atoms with van der Waals surface area (Å²) in [6, 6.07) is 31.3. The molecular formula is C18H15O2Si3. The summed E-state index contributed by atoms with van der Waals surface area (Å²) < 4.78 is 11.5. The molecular weight excluding hydrogens is 332 g/mol. The van der Waals surface area contributed by atoms with Crippen LogP contribution in [-0.4, -0.2) is 28.8 Å². The smallest absolute Gasteiger partial charge is 0.410 e. The van der Waals surface area contributed by atoms with Crippen molar-refractivity contribution in [2.45, 2.75) is 0 Å². The van der Waals surface area contributed by atoms with E-state index in [2.05, 4.69) is 83.3 Å². The summed E-state index contributed by atoms with van der Waals surface area (Å²) in [4.78, 5) is 0. The van der Waals surface area contributed by atoms with Crippen LogP contribution in [0.3, 0.4) is 0 Å². The average molecular weight is 348 g/mol. The summed E-state index contributed by atoms with van der Waals surface area (Å²) in [5.74, 6) is 0. The molecule has 0 fully saturated rings. The first-order valence-electron chi connectivity index (χ1n) is 7.30. The highest BCUT2D eigenvalue weighted by atomic mass is 28.4. The first kappa shape index (κ1) is 16.1. The van der Waals surface area contributed by atoms with Crippen LogP contribution in [0, 0.1) is 0 Å². The summed E-state index contributed by atoms with van der Waals surface area (Å²) in [5, 5.41) is 3.61. The molecule has 0 saturated heterocycles. The third kappa shape index (κ3) is 3.29. The van der Waals surface area contributed by atoms with Gasteiger partial charge in [0.2, 0.25) is 10.5 Å². The van der Waals surface area contributed by atoms with Gasteiger partial charge in [0, 0.05) is 0 Å². The molecule has 3 aromatic carbocycles. The third-order valence-corrected chi connectivity index (χ3v) is 9.11. The zero-order valence-corrected chi connectivity index (χ0v) is 15.5. The molecule has 0 spiro atoms. The van der Waals surface area contributed by atoms with Gasteiger partial charge in [0.05, 0.1) is 0 Å². The van der Waals surface area contributed by atoms with Gasteiger partial charge < -0.3 is 8.23 Å². The summed E-state index contributed by atoms with van der Waals surface area (Å²) in [5.41, 5.74) is 0. The molecule has 0 aliphatic carbocycles. The topological polar surface area (TPSA) is 18.5 Å². The Morgan fingerprint density at radius 1 is 0.609 bits per heavy atom. The van der Waals surface area contributed by atoms with E-state index in [0.29, 0.717) is 0 Å². The monoisotopic (exact) mass is 347 g/mol. The minimum atomic E-state index is -2.59. The largest absolute Gasteiger partial charge is 0.435 e. The Balaban J connectivity index is 2.25. The SMILES string of the molecule is [Si]O[Si]O[Si](c1ccccc1)(c1ccccc1)c1ccccc1. The maximum Gasteiger partial charge on any atom is 0.410 e. The minimum absolute atomic E-state index is 0.0818. The molecule has 0 aromatic heterocycles. The van der Waals surface area contributed by atoms with Crippen molar-refractivity contribution >= 4 is 44.4 Å². The molecule has 5 radical (unpaired) electrons. The molecule has 5 heteroatoms. The van der Waals surface area contributed by atoms with E-state index in [1.54, 1.807) is 0 Å². The number of hydrogen-bond acceptors (Lipinski definition) is 2. The second-order valence-corrected chi connectivity index (χ2v) is 9.96. The average Bonchev–Trinajstić information content (AvgIpc) is 2.65. The second-order valence-electron chi connectivity index (χ2n) is 5.07. The lowest BCUT2D eigenvalue weighted by molar-refractivity contribution is 0.493. The van der Waals surface area contributed by atoms with Crippen molar-refractivity contribution in [3.05, 3.63) is 91.0 Å². The van der Waals surface area contributed by atoms with Gasteiger partial charge in [-0.25, -0.2) is 0 Å². The molecule has 0 atom stereocenters. The van der Waals surface area contributed by atoms with Gasteiger partial charge in [0.15, 0.2) is 0 Å². The van der Waals surface area contributed by atoms with Crippen LogP contribution in [0.4, 0.5) is 0 Å². The van der Waals surface area contributed by atoms with Crippen LogP contribution in [0.5, 0.6) is 0 Å². The van der Waals surface area contributed by atoms with Crippen LogP contribution in [0.1, 0.15) is 0 Å². The maximum absolute atomic E-state index is 6.43. The van der Waals surface area contributed by atoms with E-state index in [0.717, 1.165) is 0 Å². The van der Waals surface area contributed by atoms with E-state index in [-0.39, 0.29) is 10.0 Å². The Morgan fingerprint density at radius 3 is 1.26 bits per heavy atom. The first-order chi connectivity index (χ1) is 11.4. The Morgan fingerprint density at radius 2 is 0.957 bits per heavy atom. The summed E-state index contributed by atoms with van der Waals surface area (Å²) in [6.07, 6.45) is 0. The van der Waals surface area contributed by atoms with Gasteiger partial charge in [-0.3, -0.25) is 0 Å². The van der Waals surface area contributed by atoms with Gasteiger partial charge in [-0.15, -0.1) is 0 Å². The molecule has 0 amide bonds. The van der Waals surface area contributed by atoms with E-state index in [1.165, 1.54) is 15.6 Å². The molecule has 0 aliphatic rings. The Hall–Kier alpha value is -1.77. The Kier molecular flexibility index (Phi) is 5.37. The van der Waals surface area contributed by atoms with Crippen molar-refractivity contribution < 1.29 is 8.23 Å². The number of rotatable bonds is 6. The Bertz CT molecular complexity index is 624. The van der Waals surface area contributed by atoms with E-state index in [1.807, 2.05) is 18.2 Å². The zero-order valence-electron chi connectivity index (χ0n) is 12.5.